The summed E-state index contributed by atoms with van der Waals surface area (Å²) in [5.41, 5.74) is 0.629. The molecule has 3 nitrogen and oxygen atoms in total. The molecular weight excluding hydrogens is 308 g/mol. The van der Waals surface area contributed by atoms with Crippen LogP contribution in [0.1, 0.15) is 5.56 Å². The van der Waals surface area contributed by atoms with Crippen molar-refractivity contribution in [2.24, 2.45) is 0 Å². The highest BCUT2D eigenvalue weighted by molar-refractivity contribution is 7.99. The van der Waals surface area contributed by atoms with Crippen molar-refractivity contribution in [3.8, 4) is 11.5 Å². The maximum Gasteiger partial charge on any atom is 0.166 e. The van der Waals surface area contributed by atoms with Crippen molar-refractivity contribution < 1.29 is 14.6 Å². The molecule has 0 amide bonds. The molecule has 112 valence electrons. The summed E-state index contributed by atoms with van der Waals surface area (Å²) in [7, 11) is 1.55. The molecular formula is C16H17ClO3S. The molecule has 0 spiro atoms. The molecule has 0 fully saturated rings. The summed E-state index contributed by atoms with van der Waals surface area (Å²) in [5, 5.41) is 9.91. The number of halogens is 1. The first-order valence-corrected chi connectivity index (χ1v) is 7.89. The van der Waals surface area contributed by atoms with Crippen LogP contribution in [0.2, 0.25) is 5.02 Å². The van der Waals surface area contributed by atoms with Gasteiger partial charge in [0.15, 0.2) is 11.5 Å². The van der Waals surface area contributed by atoms with Crippen LogP contribution < -0.4 is 9.47 Å². The summed E-state index contributed by atoms with van der Waals surface area (Å²) in [5.74, 6) is 1.90. The fourth-order valence-electron chi connectivity index (χ4n) is 1.88. The van der Waals surface area contributed by atoms with Crippen molar-refractivity contribution in [3.05, 3.63) is 53.1 Å². The second-order valence-electron chi connectivity index (χ2n) is 4.26. The fraction of sp³-hybridized carbons (Fsp3) is 0.250. The number of methoxy groups -OCH3 is 1. The Balaban J connectivity index is 1.96. The average molecular weight is 325 g/mol. The topological polar surface area (TPSA) is 38.7 Å². The van der Waals surface area contributed by atoms with Crippen LogP contribution in [-0.4, -0.2) is 24.6 Å². The van der Waals surface area contributed by atoms with E-state index in [1.807, 2.05) is 18.2 Å². The van der Waals surface area contributed by atoms with Gasteiger partial charge in [-0.25, -0.2) is 0 Å². The third-order valence-electron chi connectivity index (χ3n) is 2.83. The van der Waals surface area contributed by atoms with Gasteiger partial charge in [0.05, 0.1) is 20.3 Å². The van der Waals surface area contributed by atoms with Gasteiger partial charge in [0.2, 0.25) is 0 Å². The smallest absolute Gasteiger partial charge is 0.166 e. The van der Waals surface area contributed by atoms with Gasteiger partial charge in [-0.2, -0.15) is 0 Å². The number of rotatable bonds is 7. The molecule has 2 aromatic rings. The zero-order valence-electron chi connectivity index (χ0n) is 11.7. The van der Waals surface area contributed by atoms with Gasteiger partial charge >= 0.3 is 0 Å². The Kier molecular flexibility index (Phi) is 6.23. The van der Waals surface area contributed by atoms with Crippen molar-refractivity contribution in [2.75, 3.05) is 19.5 Å². The molecule has 0 aromatic heterocycles. The standard InChI is InChI=1S/C16H17ClO3S/c1-19-15-10-13(17)9-12(11-18)16(15)20-7-8-21-14-5-3-2-4-6-14/h2-6,9-10,18H,7-8,11H2,1H3. The van der Waals surface area contributed by atoms with Gasteiger partial charge in [-0.15, -0.1) is 11.8 Å². The summed E-state index contributed by atoms with van der Waals surface area (Å²) in [6.07, 6.45) is 0. The quantitative estimate of drug-likeness (QED) is 0.617. The molecule has 2 rings (SSSR count). The predicted molar refractivity (Wildman–Crippen MR) is 86.6 cm³/mol. The van der Waals surface area contributed by atoms with E-state index in [0.717, 1.165) is 5.75 Å². The highest BCUT2D eigenvalue weighted by Crippen LogP contribution is 2.35. The number of aliphatic hydroxyl groups is 1. The van der Waals surface area contributed by atoms with Crippen LogP contribution in [0.4, 0.5) is 0 Å². The normalized spacial score (nSPS) is 10.4. The van der Waals surface area contributed by atoms with Gasteiger partial charge in [0.1, 0.15) is 0 Å². The monoisotopic (exact) mass is 324 g/mol. The third-order valence-corrected chi connectivity index (χ3v) is 4.02. The van der Waals surface area contributed by atoms with E-state index in [9.17, 15) is 5.11 Å². The van der Waals surface area contributed by atoms with E-state index in [2.05, 4.69) is 12.1 Å². The highest BCUT2D eigenvalue weighted by Gasteiger charge is 2.12. The van der Waals surface area contributed by atoms with Crippen molar-refractivity contribution in [3.63, 3.8) is 0 Å². The van der Waals surface area contributed by atoms with E-state index in [1.165, 1.54) is 4.90 Å². The molecule has 0 saturated heterocycles. The molecule has 0 aliphatic carbocycles. The van der Waals surface area contributed by atoms with Crippen LogP contribution in [0.25, 0.3) is 0 Å². The van der Waals surface area contributed by atoms with Crippen molar-refractivity contribution in [1.29, 1.82) is 0 Å². The minimum atomic E-state index is -0.141. The molecule has 0 atom stereocenters. The first kappa shape index (κ1) is 16.0. The number of aliphatic hydroxyl groups excluding tert-OH is 1. The summed E-state index contributed by atoms with van der Waals surface area (Å²) in [4.78, 5) is 1.20. The van der Waals surface area contributed by atoms with Crippen molar-refractivity contribution >= 4 is 23.4 Å². The number of benzene rings is 2. The molecule has 0 radical (unpaired) electrons. The lowest BCUT2D eigenvalue weighted by molar-refractivity contribution is 0.261. The number of ether oxygens (including phenoxy) is 2. The van der Waals surface area contributed by atoms with Crippen molar-refractivity contribution in [1.82, 2.24) is 0 Å². The van der Waals surface area contributed by atoms with E-state index in [1.54, 1.807) is 31.0 Å². The van der Waals surface area contributed by atoms with Crippen LogP contribution in [0, 0.1) is 0 Å². The molecule has 1 N–H and O–H groups in total. The molecule has 0 unspecified atom stereocenters. The Morgan fingerprint density at radius 2 is 1.95 bits per heavy atom. The lowest BCUT2D eigenvalue weighted by Crippen LogP contribution is -2.04. The van der Waals surface area contributed by atoms with Gasteiger partial charge in [-0.05, 0) is 18.2 Å². The van der Waals surface area contributed by atoms with Gasteiger partial charge in [-0.3, -0.25) is 0 Å². The number of thioether (sulfide) groups is 1. The minimum Gasteiger partial charge on any atom is -0.493 e. The van der Waals surface area contributed by atoms with Gasteiger partial charge in [0.25, 0.3) is 0 Å². The molecule has 0 heterocycles. The van der Waals surface area contributed by atoms with Gasteiger partial charge in [-0.1, -0.05) is 29.8 Å². The van der Waals surface area contributed by atoms with Crippen LogP contribution in [0.3, 0.4) is 0 Å². The highest BCUT2D eigenvalue weighted by atomic mass is 35.5. The van der Waals surface area contributed by atoms with E-state index in [4.69, 9.17) is 21.1 Å². The Labute approximate surface area is 133 Å². The Hall–Kier alpha value is -1.36. The molecule has 0 aliphatic rings. The van der Waals surface area contributed by atoms with E-state index >= 15 is 0 Å². The Bertz CT molecular complexity index is 550. The SMILES string of the molecule is COc1cc(Cl)cc(CO)c1OCCSc1ccccc1. The zero-order chi connectivity index (χ0) is 15.1. The molecule has 0 saturated carbocycles. The van der Waals surface area contributed by atoms with Crippen LogP contribution in [0.15, 0.2) is 47.4 Å². The fourth-order valence-corrected chi connectivity index (χ4v) is 2.86. The summed E-state index contributed by atoms with van der Waals surface area (Å²) in [6, 6.07) is 13.5. The molecule has 2 aromatic carbocycles. The summed E-state index contributed by atoms with van der Waals surface area (Å²) in [6.45, 7) is 0.378. The number of hydrogen-bond acceptors (Lipinski definition) is 4. The Morgan fingerprint density at radius 3 is 2.62 bits per heavy atom. The second-order valence-corrected chi connectivity index (χ2v) is 5.87. The predicted octanol–water partition coefficient (Wildman–Crippen LogP) is 4.01. The average Bonchev–Trinajstić information content (AvgIpc) is 2.52. The first-order chi connectivity index (χ1) is 10.2. The van der Waals surface area contributed by atoms with Gasteiger partial charge < -0.3 is 14.6 Å². The third kappa shape index (κ3) is 4.56. The molecule has 0 aliphatic heterocycles. The minimum absolute atomic E-state index is 0.141. The van der Waals surface area contributed by atoms with Crippen LogP contribution in [0.5, 0.6) is 11.5 Å². The second kappa shape index (κ2) is 8.17. The first-order valence-electron chi connectivity index (χ1n) is 6.52. The van der Waals surface area contributed by atoms with E-state index < -0.39 is 0 Å². The van der Waals surface area contributed by atoms with Gasteiger partial charge in [0, 0.05) is 27.3 Å². The van der Waals surface area contributed by atoms with Crippen LogP contribution >= 0.6 is 23.4 Å². The molecule has 21 heavy (non-hydrogen) atoms. The van der Waals surface area contributed by atoms with Crippen LogP contribution in [-0.2, 0) is 6.61 Å². The zero-order valence-corrected chi connectivity index (χ0v) is 13.3. The van der Waals surface area contributed by atoms with Crippen molar-refractivity contribution in [2.45, 2.75) is 11.5 Å². The largest absolute Gasteiger partial charge is 0.493 e. The summed E-state index contributed by atoms with van der Waals surface area (Å²) >= 11 is 7.69. The maximum absolute atomic E-state index is 9.40. The molecule has 0 bridgehead atoms. The van der Waals surface area contributed by atoms with E-state index in [0.29, 0.717) is 28.7 Å². The Morgan fingerprint density at radius 1 is 1.19 bits per heavy atom. The summed E-state index contributed by atoms with van der Waals surface area (Å²) < 4.78 is 11.0. The maximum atomic E-state index is 9.40. The number of hydrogen-bond donors (Lipinski definition) is 1. The van der Waals surface area contributed by atoms with E-state index in [-0.39, 0.29) is 6.61 Å². The lowest BCUT2D eigenvalue weighted by Gasteiger charge is -2.14. The lowest BCUT2D eigenvalue weighted by atomic mass is 10.2. The molecule has 5 heteroatoms.